The quantitative estimate of drug-likeness (QED) is 0.862. The average molecular weight is 305 g/mol. The predicted octanol–water partition coefficient (Wildman–Crippen LogP) is 2.48. The van der Waals surface area contributed by atoms with Gasteiger partial charge in [-0.25, -0.2) is 0 Å². The van der Waals surface area contributed by atoms with Crippen LogP contribution >= 0.6 is 11.3 Å². The molecule has 0 fully saturated rings. The second kappa shape index (κ2) is 6.74. The molecule has 112 valence electrons. The van der Waals surface area contributed by atoms with Gasteiger partial charge in [0.05, 0.1) is 17.6 Å². The fourth-order valence-corrected chi connectivity index (χ4v) is 2.65. The van der Waals surface area contributed by atoms with Crippen molar-refractivity contribution in [3.05, 3.63) is 52.2 Å². The minimum absolute atomic E-state index is 0.153. The zero-order valence-electron chi connectivity index (χ0n) is 12.1. The summed E-state index contributed by atoms with van der Waals surface area (Å²) in [5, 5.41) is 15.0. The van der Waals surface area contributed by atoms with E-state index in [1.807, 2.05) is 35.7 Å². The van der Waals surface area contributed by atoms with Crippen molar-refractivity contribution in [1.29, 1.82) is 0 Å². The van der Waals surface area contributed by atoms with Crippen LogP contribution < -0.4 is 10.1 Å². The van der Waals surface area contributed by atoms with E-state index < -0.39 is 5.60 Å². The van der Waals surface area contributed by atoms with Gasteiger partial charge in [-0.1, -0.05) is 18.2 Å². The van der Waals surface area contributed by atoms with Gasteiger partial charge < -0.3 is 15.2 Å². The smallest absolute Gasteiger partial charge is 0.261 e. The van der Waals surface area contributed by atoms with E-state index in [0.29, 0.717) is 11.3 Å². The lowest BCUT2D eigenvalue weighted by Crippen LogP contribution is -2.42. The second-order valence-electron chi connectivity index (χ2n) is 5.18. The van der Waals surface area contributed by atoms with Crippen LogP contribution in [0.25, 0.3) is 0 Å². The van der Waals surface area contributed by atoms with Gasteiger partial charge in [0.2, 0.25) is 0 Å². The number of hydrogen-bond donors (Lipinski definition) is 2. The highest BCUT2D eigenvalue weighted by Gasteiger charge is 2.22. The molecule has 1 atom stereocenters. The summed E-state index contributed by atoms with van der Waals surface area (Å²) in [7, 11) is 1.62. The van der Waals surface area contributed by atoms with Gasteiger partial charge in [0.15, 0.2) is 0 Å². The van der Waals surface area contributed by atoms with Crippen LogP contribution in [0.5, 0.6) is 5.75 Å². The Bertz CT molecular complexity index is 576. The third kappa shape index (κ3) is 4.58. The molecule has 0 aliphatic rings. The third-order valence-electron chi connectivity index (χ3n) is 3.12. The lowest BCUT2D eigenvalue weighted by molar-refractivity contribution is 0.0554. The lowest BCUT2D eigenvalue weighted by Gasteiger charge is -2.23. The first-order valence-corrected chi connectivity index (χ1v) is 7.55. The number of aliphatic hydroxyl groups is 1. The summed E-state index contributed by atoms with van der Waals surface area (Å²) in [6.45, 7) is 1.92. The van der Waals surface area contributed by atoms with Crippen molar-refractivity contribution in [1.82, 2.24) is 5.32 Å². The minimum atomic E-state index is -0.999. The fraction of sp³-hybridized carbons (Fsp3) is 0.312. The van der Waals surface area contributed by atoms with Gasteiger partial charge in [-0.05, 0) is 36.1 Å². The van der Waals surface area contributed by atoms with Crippen molar-refractivity contribution >= 4 is 17.2 Å². The van der Waals surface area contributed by atoms with E-state index in [1.165, 1.54) is 11.3 Å². The Balaban J connectivity index is 1.90. The van der Waals surface area contributed by atoms with E-state index in [2.05, 4.69) is 5.32 Å². The Labute approximate surface area is 128 Å². The van der Waals surface area contributed by atoms with Crippen molar-refractivity contribution in [3.8, 4) is 5.75 Å². The first-order valence-electron chi connectivity index (χ1n) is 6.67. The van der Waals surface area contributed by atoms with Gasteiger partial charge >= 0.3 is 0 Å². The van der Waals surface area contributed by atoms with Gasteiger partial charge in [0, 0.05) is 13.0 Å². The molecule has 0 aliphatic carbocycles. The van der Waals surface area contributed by atoms with Crippen LogP contribution in [0.3, 0.4) is 0 Å². The number of hydrogen-bond acceptors (Lipinski definition) is 4. The molecule has 0 bridgehead atoms. The van der Waals surface area contributed by atoms with Crippen LogP contribution in [-0.2, 0) is 6.42 Å². The van der Waals surface area contributed by atoms with Gasteiger partial charge in [0.1, 0.15) is 5.75 Å². The van der Waals surface area contributed by atoms with E-state index in [0.717, 1.165) is 11.3 Å². The molecule has 0 saturated heterocycles. The maximum absolute atomic E-state index is 11.9. The van der Waals surface area contributed by atoms with E-state index in [-0.39, 0.29) is 12.5 Å². The molecule has 0 unspecified atom stereocenters. The molecule has 0 aliphatic heterocycles. The van der Waals surface area contributed by atoms with Gasteiger partial charge in [-0.3, -0.25) is 4.79 Å². The van der Waals surface area contributed by atoms with Gasteiger partial charge in [-0.2, -0.15) is 0 Å². The molecule has 21 heavy (non-hydrogen) atoms. The van der Waals surface area contributed by atoms with Crippen LogP contribution in [0.4, 0.5) is 0 Å². The molecule has 2 rings (SSSR count). The first-order chi connectivity index (χ1) is 10.00. The third-order valence-corrected chi connectivity index (χ3v) is 3.99. The number of carbonyl (C=O) groups excluding carboxylic acids is 1. The van der Waals surface area contributed by atoms with Crippen LogP contribution in [-0.4, -0.2) is 30.3 Å². The number of thiophene rings is 1. The lowest BCUT2D eigenvalue weighted by atomic mass is 9.96. The Morgan fingerprint density at radius 3 is 2.62 bits per heavy atom. The molecular formula is C16H19NO3S. The normalized spacial score (nSPS) is 13.5. The maximum atomic E-state index is 11.9. The number of nitrogens with one attached hydrogen (secondary N) is 1. The maximum Gasteiger partial charge on any atom is 0.261 e. The highest BCUT2D eigenvalue weighted by molar-refractivity contribution is 7.12. The Morgan fingerprint density at radius 2 is 2.05 bits per heavy atom. The standard InChI is InChI=1S/C16H19NO3S/c1-16(19,10-12-5-7-13(20-2)8-6-12)11-17-15(18)14-4-3-9-21-14/h3-9,19H,10-11H2,1-2H3,(H,17,18)/t16-/m0/s1. The molecule has 0 radical (unpaired) electrons. The summed E-state index contributed by atoms with van der Waals surface area (Å²) in [4.78, 5) is 12.5. The summed E-state index contributed by atoms with van der Waals surface area (Å²) in [6.07, 6.45) is 0.460. The number of rotatable bonds is 6. The second-order valence-corrected chi connectivity index (χ2v) is 6.13. The van der Waals surface area contributed by atoms with E-state index in [9.17, 15) is 9.90 Å². The number of ether oxygens (including phenoxy) is 1. The summed E-state index contributed by atoms with van der Waals surface area (Å²) >= 11 is 1.38. The monoisotopic (exact) mass is 305 g/mol. The topological polar surface area (TPSA) is 58.6 Å². The molecular weight excluding hydrogens is 286 g/mol. The van der Waals surface area contributed by atoms with Crippen molar-refractivity contribution < 1.29 is 14.6 Å². The highest BCUT2D eigenvalue weighted by Crippen LogP contribution is 2.17. The molecule has 2 N–H and O–H groups in total. The van der Waals surface area contributed by atoms with Gasteiger partial charge in [-0.15, -0.1) is 11.3 Å². The zero-order valence-corrected chi connectivity index (χ0v) is 12.9. The van der Waals surface area contributed by atoms with E-state index in [4.69, 9.17) is 4.74 Å². The molecule has 1 amide bonds. The van der Waals surface area contributed by atoms with Crippen LogP contribution in [0.1, 0.15) is 22.2 Å². The Kier molecular flexibility index (Phi) is 4.98. The Morgan fingerprint density at radius 1 is 1.33 bits per heavy atom. The predicted molar refractivity (Wildman–Crippen MR) is 84.0 cm³/mol. The summed E-state index contributed by atoms with van der Waals surface area (Å²) in [5.41, 5.74) is -0.00668. The molecule has 0 spiro atoms. The number of benzene rings is 1. The SMILES string of the molecule is COc1ccc(C[C@](C)(O)CNC(=O)c2cccs2)cc1. The van der Waals surface area contributed by atoms with Crippen LogP contribution in [0.15, 0.2) is 41.8 Å². The number of methoxy groups -OCH3 is 1. The van der Waals surface area contributed by atoms with Crippen LogP contribution in [0.2, 0.25) is 0 Å². The van der Waals surface area contributed by atoms with Crippen LogP contribution in [0, 0.1) is 0 Å². The van der Waals surface area contributed by atoms with Gasteiger partial charge in [0.25, 0.3) is 5.91 Å². The summed E-state index contributed by atoms with van der Waals surface area (Å²) in [6, 6.07) is 11.1. The molecule has 2 aromatic rings. The molecule has 1 aromatic carbocycles. The minimum Gasteiger partial charge on any atom is -0.497 e. The summed E-state index contributed by atoms with van der Waals surface area (Å²) < 4.78 is 5.10. The number of amides is 1. The van der Waals surface area contributed by atoms with E-state index in [1.54, 1.807) is 20.1 Å². The summed E-state index contributed by atoms with van der Waals surface area (Å²) in [5.74, 6) is 0.629. The molecule has 1 aromatic heterocycles. The highest BCUT2D eigenvalue weighted by atomic mass is 32.1. The molecule has 5 heteroatoms. The zero-order chi connectivity index (χ0) is 15.3. The Hall–Kier alpha value is -1.85. The van der Waals surface area contributed by atoms with E-state index >= 15 is 0 Å². The average Bonchev–Trinajstić information content (AvgIpc) is 2.99. The van der Waals surface area contributed by atoms with Crippen molar-refractivity contribution in [2.24, 2.45) is 0 Å². The molecule has 1 heterocycles. The first kappa shape index (κ1) is 15.5. The van der Waals surface area contributed by atoms with Crippen molar-refractivity contribution in [3.63, 3.8) is 0 Å². The molecule has 4 nitrogen and oxygen atoms in total. The van der Waals surface area contributed by atoms with Crippen molar-refractivity contribution in [2.45, 2.75) is 18.9 Å². The fourth-order valence-electron chi connectivity index (χ4n) is 2.01. The largest absolute Gasteiger partial charge is 0.497 e. The van der Waals surface area contributed by atoms with Crippen molar-refractivity contribution in [2.75, 3.05) is 13.7 Å². The molecule has 0 saturated carbocycles. The number of carbonyl (C=O) groups is 1.